The van der Waals surface area contributed by atoms with Crippen molar-refractivity contribution in [2.24, 2.45) is 0 Å². The van der Waals surface area contributed by atoms with Crippen molar-refractivity contribution < 1.29 is 0 Å². The van der Waals surface area contributed by atoms with Gasteiger partial charge in [0.1, 0.15) is 0 Å². The van der Waals surface area contributed by atoms with Gasteiger partial charge in [0.2, 0.25) is 0 Å². The summed E-state index contributed by atoms with van der Waals surface area (Å²) < 4.78 is 2.36. The fourth-order valence-corrected chi connectivity index (χ4v) is 8.36. The second-order valence-electron chi connectivity index (χ2n) is 14.6. The van der Waals surface area contributed by atoms with Gasteiger partial charge in [-0.15, -0.1) is 0 Å². The highest BCUT2D eigenvalue weighted by atomic mass is 15.0. The van der Waals surface area contributed by atoms with E-state index in [1.807, 2.05) is 18.2 Å². The van der Waals surface area contributed by atoms with E-state index >= 15 is 0 Å². The Kier molecular flexibility index (Phi) is 7.82. The summed E-state index contributed by atoms with van der Waals surface area (Å²) in [7, 11) is 0. The zero-order chi connectivity index (χ0) is 37.7. The smallest absolute Gasteiger partial charge is 0.160 e. The highest BCUT2D eigenvalue weighted by Gasteiger charge is 2.16. The molecule has 57 heavy (non-hydrogen) atoms. The molecule has 0 radical (unpaired) electrons. The van der Waals surface area contributed by atoms with Crippen molar-refractivity contribution in [1.82, 2.24) is 14.5 Å². The molecule has 266 valence electrons. The lowest BCUT2D eigenvalue weighted by molar-refractivity contribution is 1.18. The summed E-state index contributed by atoms with van der Waals surface area (Å²) >= 11 is 0. The molecule has 9 aromatic carbocycles. The van der Waals surface area contributed by atoms with Crippen molar-refractivity contribution in [3.63, 3.8) is 0 Å². The summed E-state index contributed by atoms with van der Waals surface area (Å²) in [5.74, 6) is 0.705. The Morgan fingerprint density at radius 3 is 1.65 bits per heavy atom. The third kappa shape index (κ3) is 5.85. The van der Waals surface area contributed by atoms with Gasteiger partial charge >= 0.3 is 0 Å². The van der Waals surface area contributed by atoms with Gasteiger partial charge in [-0.05, 0) is 104 Å². The Balaban J connectivity index is 1.02. The molecule has 3 heteroatoms. The standard InChI is InChI=1S/C54H35N3/c1-4-14-36(15-5-1)44-32-42-18-10-11-21-46(42)48(34-44)51-35-50(55-54(56-51)37-16-6-2-7-17-37)43-27-26-38-30-39(24-25-40(38)31-43)41-28-29-53-49(33-41)47-22-12-13-23-52(47)57(53)45-19-8-3-9-20-45/h1-35H. The second kappa shape index (κ2) is 13.6. The number of fused-ring (bicyclic) bond motifs is 5. The third-order valence-corrected chi connectivity index (χ3v) is 11.2. The van der Waals surface area contributed by atoms with Gasteiger partial charge in [0.15, 0.2) is 5.82 Å². The van der Waals surface area contributed by atoms with Crippen molar-refractivity contribution in [3.05, 3.63) is 212 Å². The van der Waals surface area contributed by atoms with Gasteiger partial charge in [0.05, 0.1) is 22.4 Å². The predicted molar refractivity (Wildman–Crippen MR) is 239 cm³/mol. The van der Waals surface area contributed by atoms with E-state index in [4.69, 9.17) is 9.97 Å². The highest BCUT2D eigenvalue weighted by molar-refractivity contribution is 6.10. The monoisotopic (exact) mass is 725 g/mol. The number of hydrogen-bond donors (Lipinski definition) is 0. The average molecular weight is 726 g/mol. The summed E-state index contributed by atoms with van der Waals surface area (Å²) in [6.45, 7) is 0. The quantitative estimate of drug-likeness (QED) is 0.171. The van der Waals surface area contributed by atoms with Crippen LogP contribution in [-0.2, 0) is 0 Å². The molecule has 0 unspecified atom stereocenters. The van der Waals surface area contributed by atoms with E-state index in [9.17, 15) is 0 Å². The molecule has 11 aromatic rings. The molecule has 0 saturated heterocycles. The van der Waals surface area contributed by atoms with Crippen LogP contribution in [0.4, 0.5) is 0 Å². The van der Waals surface area contributed by atoms with Crippen LogP contribution in [0.3, 0.4) is 0 Å². The molecule has 0 aliphatic carbocycles. The van der Waals surface area contributed by atoms with Gasteiger partial charge in [-0.1, -0.05) is 152 Å². The van der Waals surface area contributed by atoms with Crippen molar-refractivity contribution in [3.8, 4) is 61.8 Å². The number of aromatic nitrogens is 3. The number of hydrogen-bond acceptors (Lipinski definition) is 2. The molecule has 0 spiro atoms. The number of benzene rings is 9. The Morgan fingerprint density at radius 2 is 0.860 bits per heavy atom. The zero-order valence-corrected chi connectivity index (χ0v) is 31.0. The molecule has 2 heterocycles. The first-order chi connectivity index (χ1) is 28.2. The van der Waals surface area contributed by atoms with E-state index in [0.29, 0.717) is 5.82 Å². The van der Waals surface area contributed by atoms with Crippen LogP contribution in [0.2, 0.25) is 0 Å². The molecule has 2 aromatic heterocycles. The fraction of sp³-hybridized carbons (Fsp3) is 0. The van der Waals surface area contributed by atoms with Crippen molar-refractivity contribution in [2.75, 3.05) is 0 Å². The van der Waals surface area contributed by atoms with Crippen LogP contribution in [0, 0.1) is 0 Å². The van der Waals surface area contributed by atoms with E-state index in [0.717, 1.165) is 44.4 Å². The first-order valence-corrected chi connectivity index (χ1v) is 19.4. The lowest BCUT2D eigenvalue weighted by Gasteiger charge is -2.14. The normalized spacial score (nSPS) is 11.5. The first-order valence-electron chi connectivity index (χ1n) is 19.4. The molecule has 0 saturated carbocycles. The van der Waals surface area contributed by atoms with E-state index in [1.165, 1.54) is 55.0 Å². The summed E-state index contributed by atoms with van der Waals surface area (Å²) in [4.78, 5) is 10.4. The van der Waals surface area contributed by atoms with Crippen molar-refractivity contribution in [1.29, 1.82) is 0 Å². The maximum Gasteiger partial charge on any atom is 0.160 e. The molecule has 0 atom stereocenters. The molecule has 0 aliphatic heterocycles. The van der Waals surface area contributed by atoms with Crippen LogP contribution in [0.15, 0.2) is 212 Å². The van der Waals surface area contributed by atoms with Crippen LogP contribution < -0.4 is 0 Å². The topological polar surface area (TPSA) is 30.7 Å². The third-order valence-electron chi connectivity index (χ3n) is 11.2. The fourth-order valence-electron chi connectivity index (χ4n) is 8.36. The summed E-state index contributed by atoms with van der Waals surface area (Å²) in [6.07, 6.45) is 0. The van der Waals surface area contributed by atoms with Gasteiger partial charge < -0.3 is 4.57 Å². The van der Waals surface area contributed by atoms with Crippen LogP contribution in [-0.4, -0.2) is 14.5 Å². The number of para-hydroxylation sites is 2. The van der Waals surface area contributed by atoms with Crippen LogP contribution in [0.1, 0.15) is 0 Å². The molecular weight excluding hydrogens is 691 g/mol. The molecule has 0 amide bonds. The average Bonchev–Trinajstić information content (AvgIpc) is 3.62. The molecule has 11 rings (SSSR count). The van der Waals surface area contributed by atoms with Crippen LogP contribution in [0.25, 0.3) is 105 Å². The van der Waals surface area contributed by atoms with Gasteiger partial charge in [-0.2, -0.15) is 0 Å². The van der Waals surface area contributed by atoms with E-state index < -0.39 is 0 Å². The van der Waals surface area contributed by atoms with Gasteiger partial charge in [0, 0.05) is 33.2 Å². The number of rotatable bonds is 6. The predicted octanol–water partition coefficient (Wildman–Crippen LogP) is 14.2. The van der Waals surface area contributed by atoms with E-state index in [-0.39, 0.29) is 0 Å². The Labute approximate surface area is 330 Å². The molecule has 0 aliphatic rings. The molecule has 0 N–H and O–H groups in total. The minimum atomic E-state index is 0.705. The highest BCUT2D eigenvalue weighted by Crippen LogP contribution is 2.38. The van der Waals surface area contributed by atoms with E-state index in [2.05, 4.69) is 199 Å². The molecular formula is C54H35N3. The van der Waals surface area contributed by atoms with Crippen LogP contribution in [0.5, 0.6) is 0 Å². The maximum absolute atomic E-state index is 5.24. The summed E-state index contributed by atoms with van der Waals surface area (Å²) in [5.41, 5.74) is 13.2. The lowest BCUT2D eigenvalue weighted by atomic mass is 9.94. The van der Waals surface area contributed by atoms with Crippen LogP contribution >= 0.6 is 0 Å². The molecule has 0 fully saturated rings. The lowest BCUT2D eigenvalue weighted by Crippen LogP contribution is -1.97. The Morgan fingerprint density at radius 1 is 0.298 bits per heavy atom. The van der Waals surface area contributed by atoms with E-state index in [1.54, 1.807) is 0 Å². The SMILES string of the molecule is c1ccc(-c2cc(-c3cc(-c4ccc5cc(-c6ccc7c(c6)c6ccccc6n7-c6ccccc6)ccc5c4)nc(-c4ccccc4)n3)c3ccccc3c2)cc1. The zero-order valence-electron chi connectivity index (χ0n) is 31.0. The Bertz CT molecular complexity index is 3270. The van der Waals surface area contributed by atoms with Gasteiger partial charge in [0.25, 0.3) is 0 Å². The molecule has 3 nitrogen and oxygen atoms in total. The van der Waals surface area contributed by atoms with Crippen molar-refractivity contribution >= 4 is 43.4 Å². The minimum Gasteiger partial charge on any atom is -0.309 e. The largest absolute Gasteiger partial charge is 0.309 e. The second-order valence-corrected chi connectivity index (χ2v) is 14.6. The molecule has 0 bridgehead atoms. The number of nitrogens with zero attached hydrogens (tertiary/aromatic N) is 3. The van der Waals surface area contributed by atoms with Gasteiger partial charge in [-0.25, -0.2) is 9.97 Å². The van der Waals surface area contributed by atoms with Gasteiger partial charge in [-0.3, -0.25) is 0 Å². The summed E-state index contributed by atoms with van der Waals surface area (Å²) in [6, 6.07) is 75.8. The minimum absolute atomic E-state index is 0.705. The summed E-state index contributed by atoms with van der Waals surface area (Å²) in [5, 5.41) is 7.19. The first kappa shape index (κ1) is 32.8. The Hall–Kier alpha value is -7.62. The maximum atomic E-state index is 5.24. The van der Waals surface area contributed by atoms with Crippen molar-refractivity contribution in [2.45, 2.75) is 0 Å².